The predicted molar refractivity (Wildman–Crippen MR) is 45.7 cm³/mol. The van der Waals surface area contributed by atoms with Gasteiger partial charge in [0.05, 0.1) is 0 Å². The first kappa shape index (κ1) is 9.92. The fourth-order valence-corrected chi connectivity index (χ4v) is 0.812. The van der Waals surface area contributed by atoms with Crippen LogP contribution in [-0.4, -0.2) is 11.6 Å². The van der Waals surface area contributed by atoms with Crippen molar-refractivity contribution in [2.45, 2.75) is 45.7 Å². The summed E-state index contributed by atoms with van der Waals surface area (Å²) < 4.78 is 0. The molecule has 4 N–H and O–H groups in total. The third-order valence-electron chi connectivity index (χ3n) is 1.68. The van der Waals surface area contributed by atoms with Crippen LogP contribution in [0.2, 0.25) is 0 Å². The van der Waals surface area contributed by atoms with Crippen LogP contribution in [0.15, 0.2) is 0 Å². The van der Waals surface area contributed by atoms with Crippen LogP contribution in [-0.2, 0) is 0 Å². The molecule has 2 heteroatoms. The molecule has 0 rings (SSSR count). The van der Waals surface area contributed by atoms with E-state index in [0.717, 1.165) is 6.42 Å². The first-order chi connectivity index (χ1) is 4.34. The summed E-state index contributed by atoms with van der Waals surface area (Å²) in [5, 5.41) is 0. The molecule has 10 heavy (non-hydrogen) atoms. The maximum absolute atomic E-state index is 5.83. The number of rotatable bonds is 3. The third-order valence-corrected chi connectivity index (χ3v) is 1.68. The molecule has 0 heterocycles. The van der Waals surface area contributed by atoms with E-state index in [1.54, 1.807) is 0 Å². The largest absolute Gasteiger partial charge is 0.326 e. The molecule has 0 aliphatic carbocycles. The lowest BCUT2D eigenvalue weighted by Crippen LogP contribution is -2.50. The van der Waals surface area contributed by atoms with Gasteiger partial charge in [-0.25, -0.2) is 0 Å². The van der Waals surface area contributed by atoms with Crippen LogP contribution >= 0.6 is 0 Å². The Bertz CT molecular complexity index is 91.9. The summed E-state index contributed by atoms with van der Waals surface area (Å²) in [6.07, 6.45) is 1.00. The van der Waals surface area contributed by atoms with E-state index in [2.05, 4.69) is 13.8 Å². The molecule has 0 radical (unpaired) electrons. The molecule has 62 valence electrons. The zero-order chi connectivity index (χ0) is 8.36. The molecule has 0 bridgehead atoms. The van der Waals surface area contributed by atoms with Crippen molar-refractivity contribution < 1.29 is 0 Å². The van der Waals surface area contributed by atoms with Crippen LogP contribution in [0.5, 0.6) is 0 Å². The van der Waals surface area contributed by atoms with E-state index < -0.39 is 0 Å². The molecule has 0 aliphatic rings. The van der Waals surface area contributed by atoms with Gasteiger partial charge in [-0.3, -0.25) is 0 Å². The minimum Gasteiger partial charge on any atom is -0.326 e. The molecule has 1 atom stereocenters. The van der Waals surface area contributed by atoms with Gasteiger partial charge in [0.15, 0.2) is 0 Å². The summed E-state index contributed by atoms with van der Waals surface area (Å²) in [6.45, 7) is 8.26. The first-order valence-electron chi connectivity index (χ1n) is 3.88. The second-order valence-corrected chi connectivity index (χ2v) is 4.06. The van der Waals surface area contributed by atoms with Crippen molar-refractivity contribution in [3.8, 4) is 0 Å². The highest BCUT2D eigenvalue weighted by molar-refractivity contribution is 4.85. The molecule has 0 saturated carbocycles. The van der Waals surface area contributed by atoms with Gasteiger partial charge in [0.2, 0.25) is 0 Å². The second kappa shape index (κ2) is 3.35. The van der Waals surface area contributed by atoms with E-state index in [4.69, 9.17) is 11.5 Å². The number of hydrogen-bond acceptors (Lipinski definition) is 2. The van der Waals surface area contributed by atoms with Crippen LogP contribution in [0.25, 0.3) is 0 Å². The van der Waals surface area contributed by atoms with Crippen LogP contribution < -0.4 is 11.5 Å². The Morgan fingerprint density at radius 1 is 1.30 bits per heavy atom. The lowest BCUT2D eigenvalue weighted by Gasteiger charge is -2.28. The Labute approximate surface area is 64.0 Å². The van der Waals surface area contributed by atoms with Gasteiger partial charge in [0.1, 0.15) is 0 Å². The number of nitrogens with two attached hydrogens (primary N) is 2. The normalized spacial score (nSPS) is 15.9. The van der Waals surface area contributed by atoms with E-state index in [1.807, 2.05) is 13.8 Å². The average molecular weight is 144 g/mol. The predicted octanol–water partition coefficient (Wildman–Crippen LogP) is 1.10. The molecule has 0 aromatic heterocycles. The summed E-state index contributed by atoms with van der Waals surface area (Å²) in [5.74, 6) is 0.637. The SMILES string of the molecule is CC(C)CC(N)C(C)(C)N. The zero-order valence-electron chi connectivity index (χ0n) is 7.52. The molecule has 0 aliphatic heterocycles. The van der Waals surface area contributed by atoms with E-state index in [-0.39, 0.29) is 11.6 Å². The molecule has 0 fully saturated rings. The van der Waals surface area contributed by atoms with E-state index in [1.165, 1.54) is 0 Å². The standard InChI is InChI=1S/C8H20N2/c1-6(2)5-7(9)8(3,4)10/h6-7H,5,9-10H2,1-4H3. The van der Waals surface area contributed by atoms with E-state index in [9.17, 15) is 0 Å². The molecular weight excluding hydrogens is 124 g/mol. The maximum Gasteiger partial charge on any atom is 0.0250 e. The summed E-state index contributed by atoms with van der Waals surface area (Å²) in [4.78, 5) is 0. The van der Waals surface area contributed by atoms with Crippen molar-refractivity contribution in [2.24, 2.45) is 17.4 Å². The highest BCUT2D eigenvalue weighted by Gasteiger charge is 2.21. The maximum atomic E-state index is 5.83. The van der Waals surface area contributed by atoms with Gasteiger partial charge in [-0.2, -0.15) is 0 Å². The van der Waals surface area contributed by atoms with Crippen molar-refractivity contribution in [3.05, 3.63) is 0 Å². The van der Waals surface area contributed by atoms with Crippen molar-refractivity contribution in [3.63, 3.8) is 0 Å². The Kier molecular flexibility index (Phi) is 3.33. The Morgan fingerprint density at radius 2 is 1.70 bits per heavy atom. The summed E-state index contributed by atoms with van der Waals surface area (Å²) in [5.41, 5.74) is 11.4. The molecule has 0 saturated heterocycles. The molecule has 1 unspecified atom stereocenters. The minimum atomic E-state index is -0.232. The van der Waals surface area contributed by atoms with Gasteiger partial charge in [-0.15, -0.1) is 0 Å². The Morgan fingerprint density at radius 3 is 1.80 bits per heavy atom. The number of hydrogen-bond donors (Lipinski definition) is 2. The van der Waals surface area contributed by atoms with Crippen LogP contribution in [0.3, 0.4) is 0 Å². The molecule has 0 aromatic rings. The highest BCUT2D eigenvalue weighted by Crippen LogP contribution is 2.11. The van der Waals surface area contributed by atoms with Crippen molar-refractivity contribution >= 4 is 0 Å². The van der Waals surface area contributed by atoms with Crippen molar-refractivity contribution in [1.29, 1.82) is 0 Å². The minimum absolute atomic E-state index is 0.118. The lowest BCUT2D eigenvalue weighted by molar-refractivity contribution is 0.352. The Hall–Kier alpha value is -0.0800. The fourth-order valence-electron chi connectivity index (χ4n) is 0.812. The lowest BCUT2D eigenvalue weighted by atomic mass is 9.90. The van der Waals surface area contributed by atoms with Crippen molar-refractivity contribution in [1.82, 2.24) is 0 Å². The summed E-state index contributed by atoms with van der Waals surface area (Å²) in [6, 6.07) is 0.118. The molecule has 0 aromatic carbocycles. The zero-order valence-corrected chi connectivity index (χ0v) is 7.52. The van der Waals surface area contributed by atoms with Gasteiger partial charge >= 0.3 is 0 Å². The molecule has 0 spiro atoms. The topological polar surface area (TPSA) is 52.0 Å². The highest BCUT2D eigenvalue weighted by atomic mass is 14.8. The van der Waals surface area contributed by atoms with Gasteiger partial charge < -0.3 is 11.5 Å². The summed E-state index contributed by atoms with van der Waals surface area (Å²) in [7, 11) is 0. The third kappa shape index (κ3) is 3.85. The van der Waals surface area contributed by atoms with Crippen molar-refractivity contribution in [2.75, 3.05) is 0 Å². The van der Waals surface area contributed by atoms with Crippen LogP contribution in [0.1, 0.15) is 34.1 Å². The van der Waals surface area contributed by atoms with Gasteiger partial charge in [-0.05, 0) is 26.2 Å². The Balaban J connectivity index is 3.73. The molecular formula is C8H20N2. The monoisotopic (exact) mass is 144 g/mol. The first-order valence-corrected chi connectivity index (χ1v) is 3.88. The van der Waals surface area contributed by atoms with E-state index in [0.29, 0.717) is 5.92 Å². The fraction of sp³-hybridized carbons (Fsp3) is 1.00. The quantitative estimate of drug-likeness (QED) is 0.623. The molecule has 2 nitrogen and oxygen atoms in total. The molecule has 0 amide bonds. The van der Waals surface area contributed by atoms with Gasteiger partial charge in [0, 0.05) is 11.6 Å². The van der Waals surface area contributed by atoms with E-state index >= 15 is 0 Å². The average Bonchev–Trinajstić information content (AvgIpc) is 1.60. The second-order valence-electron chi connectivity index (χ2n) is 4.06. The van der Waals surface area contributed by atoms with Crippen LogP contribution in [0.4, 0.5) is 0 Å². The smallest absolute Gasteiger partial charge is 0.0250 e. The van der Waals surface area contributed by atoms with Crippen LogP contribution in [0, 0.1) is 5.92 Å². The summed E-state index contributed by atoms with van der Waals surface area (Å²) >= 11 is 0. The van der Waals surface area contributed by atoms with Gasteiger partial charge in [-0.1, -0.05) is 13.8 Å². The van der Waals surface area contributed by atoms with Gasteiger partial charge in [0.25, 0.3) is 0 Å².